The number of fused-ring (bicyclic) bond motifs is 1. The van der Waals surface area contributed by atoms with Crippen LogP contribution in [-0.4, -0.2) is 45.1 Å². The number of imidazole rings is 1. The van der Waals surface area contributed by atoms with E-state index in [-0.39, 0.29) is 5.91 Å². The molecule has 3 aromatic rings. The van der Waals surface area contributed by atoms with Crippen LogP contribution in [0.3, 0.4) is 0 Å². The number of benzene rings is 1. The van der Waals surface area contributed by atoms with E-state index in [1.54, 1.807) is 18.7 Å². The van der Waals surface area contributed by atoms with E-state index in [1.807, 2.05) is 34.9 Å². The van der Waals surface area contributed by atoms with Crippen LogP contribution >= 0.6 is 0 Å². The predicted molar refractivity (Wildman–Crippen MR) is 104 cm³/mol. The average molecular weight is 364 g/mol. The van der Waals surface area contributed by atoms with Gasteiger partial charge in [0.2, 0.25) is 11.9 Å². The van der Waals surface area contributed by atoms with E-state index < -0.39 is 0 Å². The van der Waals surface area contributed by atoms with Gasteiger partial charge in [-0.2, -0.15) is 0 Å². The van der Waals surface area contributed by atoms with Gasteiger partial charge >= 0.3 is 0 Å². The maximum atomic E-state index is 12.3. The molecule has 3 heterocycles. The summed E-state index contributed by atoms with van der Waals surface area (Å²) >= 11 is 0. The van der Waals surface area contributed by atoms with Crippen molar-refractivity contribution in [3.63, 3.8) is 0 Å². The van der Waals surface area contributed by atoms with Crippen molar-refractivity contribution in [2.75, 3.05) is 24.5 Å². The molecule has 1 fully saturated rings. The lowest BCUT2D eigenvalue weighted by molar-refractivity contribution is -0.121. The number of hydrogen-bond acceptors (Lipinski definition) is 5. The number of aryl methyl sites for hydroxylation is 1. The minimum Gasteiger partial charge on any atom is -0.356 e. The number of carbonyl (C=O) groups is 1. The molecule has 1 aromatic carbocycles. The first-order valence-corrected chi connectivity index (χ1v) is 9.48. The van der Waals surface area contributed by atoms with Gasteiger partial charge in [0.15, 0.2) is 0 Å². The van der Waals surface area contributed by atoms with Crippen LogP contribution in [0.1, 0.15) is 19.3 Å². The molecule has 0 unspecified atom stereocenters. The lowest BCUT2D eigenvalue weighted by atomic mass is 9.98. The third-order valence-corrected chi connectivity index (χ3v) is 5.05. The normalized spacial score (nSPS) is 17.2. The molecule has 27 heavy (non-hydrogen) atoms. The number of nitrogens with one attached hydrogen (secondary N) is 1. The lowest BCUT2D eigenvalue weighted by Gasteiger charge is -2.32. The van der Waals surface area contributed by atoms with Crippen LogP contribution < -0.4 is 10.2 Å². The fourth-order valence-corrected chi connectivity index (χ4v) is 3.62. The van der Waals surface area contributed by atoms with E-state index in [0.717, 1.165) is 42.9 Å². The summed E-state index contributed by atoms with van der Waals surface area (Å²) in [6.45, 7) is 3.20. The molecule has 2 aromatic heterocycles. The van der Waals surface area contributed by atoms with Gasteiger partial charge in [-0.15, -0.1) is 0 Å². The van der Waals surface area contributed by atoms with Crippen molar-refractivity contribution in [1.29, 1.82) is 0 Å². The molecular formula is C20H24N6O. The average Bonchev–Trinajstić information content (AvgIpc) is 3.15. The van der Waals surface area contributed by atoms with Gasteiger partial charge in [0.25, 0.3) is 0 Å². The molecule has 0 saturated carbocycles. The third-order valence-electron chi connectivity index (χ3n) is 5.05. The smallest absolute Gasteiger partial charge is 0.225 e. The molecule has 1 amide bonds. The number of para-hydroxylation sites is 2. The van der Waals surface area contributed by atoms with E-state index in [2.05, 4.69) is 25.2 Å². The summed E-state index contributed by atoms with van der Waals surface area (Å²) in [4.78, 5) is 27.5. The fraction of sp³-hybridized carbons (Fsp3) is 0.400. The Labute approximate surface area is 158 Å². The summed E-state index contributed by atoms with van der Waals surface area (Å²) in [5.74, 6) is 1.29. The molecule has 140 valence electrons. The van der Waals surface area contributed by atoms with E-state index in [1.165, 1.54) is 0 Å². The molecular weight excluding hydrogens is 340 g/mol. The minimum absolute atomic E-state index is 0.0841. The van der Waals surface area contributed by atoms with Crippen LogP contribution in [0.5, 0.6) is 0 Å². The monoisotopic (exact) mass is 364 g/mol. The number of anilines is 1. The first kappa shape index (κ1) is 17.5. The second kappa shape index (κ2) is 8.16. The molecule has 4 rings (SSSR count). The van der Waals surface area contributed by atoms with Crippen molar-refractivity contribution in [2.45, 2.75) is 25.8 Å². The summed E-state index contributed by atoms with van der Waals surface area (Å²) in [7, 11) is 0. The topological polar surface area (TPSA) is 75.9 Å². The fourth-order valence-electron chi connectivity index (χ4n) is 3.62. The number of amides is 1. The maximum Gasteiger partial charge on any atom is 0.225 e. The lowest BCUT2D eigenvalue weighted by Crippen LogP contribution is -2.41. The van der Waals surface area contributed by atoms with Crippen LogP contribution in [0.2, 0.25) is 0 Å². The van der Waals surface area contributed by atoms with Gasteiger partial charge in [-0.25, -0.2) is 15.0 Å². The van der Waals surface area contributed by atoms with Crippen molar-refractivity contribution >= 4 is 22.9 Å². The SMILES string of the molecule is O=C(CCn1cnc2ccccc21)NC[C@@H]1CCCN(c2ncccn2)C1. The largest absolute Gasteiger partial charge is 0.356 e. The second-order valence-corrected chi connectivity index (χ2v) is 6.98. The predicted octanol–water partition coefficient (Wildman–Crippen LogP) is 2.25. The van der Waals surface area contributed by atoms with Crippen LogP contribution in [-0.2, 0) is 11.3 Å². The number of rotatable bonds is 6. The highest BCUT2D eigenvalue weighted by atomic mass is 16.1. The van der Waals surface area contributed by atoms with Gasteiger partial charge in [0.1, 0.15) is 0 Å². The van der Waals surface area contributed by atoms with Gasteiger partial charge in [0.05, 0.1) is 17.4 Å². The highest BCUT2D eigenvalue weighted by molar-refractivity contribution is 5.77. The minimum atomic E-state index is 0.0841. The Morgan fingerprint density at radius 3 is 2.89 bits per heavy atom. The van der Waals surface area contributed by atoms with E-state index in [0.29, 0.717) is 25.4 Å². The maximum absolute atomic E-state index is 12.3. The van der Waals surface area contributed by atoms with Crippen molar-refractivity contribution < 1.29 is 4.79 Å². The van der Waals surface area contributed by atoms with Crippen LogP contribution in [0.25, 0.3) is 11.0 Å². The van der Waals surface area contributed by atoms with Crippen molar-refractivity contribution in [1.82, 2.24) is 24.8 Å². The molecule has 7 nitrogen and oxygen atoms in total. The van der Waals surface area contributed by atoms with E-state index in [4.69, 9.17) is 0 Å². The van der Waals surface area contributed by atoms with Crippen LogP contribution in [0.15, 0.2) is 49.1 Å². The number of nitrogens with zero attached hydrogens (tertiary/aromatic N) is 5. The molecule has 0 bridgehead atoms. The summed E-state index contributed by atoms with van der Waals surface area (Å²) < 4.78 is 2.03. The Morgan fingerprint density at radius 2 is 2.00 bits per heavy atom. The second-order valence-electron chi connectivity index (χ2n) is 6.98. The number of piperidine rings is 1. The third kappa shape index (κ3) is 4.24. The van der Waals surface area contributed by atoms with E-state index >= 15 is 0 Å². The molecule has 1 N–H and O–H groups in total. The molecule has 1 aliphatic rings. The van der Waals surface area contributed by atoms with Gasteiger partial charge in [-0.3, -0.25) is 4.79 Å². The molecule has 0 aliphatic carbocycles. The molecule has 7 heteroatoms. The Hall–Kier alpha value is -2.96. The van der Waals surface area contributed by atoms with Gasteiger partial charge in [-0.1, -0.05) is 12.1 Å². The summed E-state index contributed by atoms with van der Waals surface area (Å²) in [5, 5.41) is 3.09. The first-order chi connectivity index (χ1) is 13.3. The summed E-state index contributed by atoms with van der Waals surface area (Å²) in [6, 6.07) is 9.81. The molecule has 0 radical (unpaired) electrons. The zero-order valence-corrected chi connectivity index (χ0v) is 15.3. The Kier molecular flexibility index (Phi) is 5.27. The quantitative estimate of drug-likeness (QED) is 0.726. The van der Waals surface area contributed by atoms with Crippen LogP contribution in [0.4, 0.5) is 5.95 Å². The highest BCUT2D eigenvalue weighted by Gasteiger charge is 2.22. The zero-order valence-electron chi connectivity index (χ0n) is 15.3. The molecule has 1 atom stereocenters. The van der Waals surface area contributed by atoms with Crippen LogP contribution in [0, 0.1) is 5.92 Å². The van der Waals surface area contributed by atoms with Crippen molar-refractivity contribution in [3.8, 4) is 0 Å². The zero-order chi connectivity index (χ0) is 18.5. The highest BCUT2D eigenvalue weighted by Crippen LogP contribution is 2.19. The summed E-state index contributed by atoms with van der Waals surface area (Å²) in [5.41, 5.74) is 2.03. The standard InChI is InChI=1S/C20H24N6O/c27-19(8-12-26-15-24-17-6-1-2-7-18(17)26)23-13-16-5-3-11-25(14-16)20-21-9-4-10-22-20/h1-2,4,6-7,9-10,15-16H,3,5,8,11-14H2,(H,23,27)/t16-/m0/s1. The van der Waals surface area contributed by atoms with Gasteiger partial charge < -0.3 is 14.8 Å². The Morgan fingerprint density at radius 1 is 1.15 bits per heavy atom. The van der Waals surface area contributed by atoms with Crippen molar-refractivity contribution in [3.05, 3.63) is 49.1 Å². The Bertz CT molecular complexity index is 894. The number of carbonyl (C=O) groups excluding carboxylic acids is 1. The summed E-state index contributed by atoms with van der Waals surface area (Å²) in [6.07, 6.45) is 8.02. The Balaban J connectivity index is 1.25. The van der Waals surface area contributed by atoms with E-state index in [9.17, 15) is 4.79 Å². The molecule has 1 saturated heterocycles. The number of aromatic nitrogens is 4. The number of hydrogen-bond donors (Lipinski definition) is 1. The molecule has 0 spiro atoms. The van der Waals surface area contributed by atoms with Gasteiger partial charge in [-0.05, 0) is 37.0 Å². The molecule has 1 aliphatic heterocycles. The van der Waals surface area contributed by atoms with Gasteiger partial charge in [0, 0.05) is 45.0 Å². The van der Waals surface area contributed by atoms with Crippen molar-refractivity contribution in [2.24, 2.45) is 5.92 Å². The first-order valence-electron chi connectivity index (χ1n) is 9.48.